The molecule has 1 heterocycles. The van der Waals surface area contributed by atoms with Gasteiger partial charge in [0.15, 0.2) is 5.82 Å². The molecule has 0 bridgehead atoms. The van der Waals surface area contributed by atoms with Crippen LogP contribution in [0.25, 0.3) is 11.5 Å². The van der Waals surface area contributed by atoms with Gasteiger partial charge >= 0.3 is 0 Å². The van der Waals surface area contributed by atoms with Crippen LogP contribution in [0, 0.1) is 0 Å². The maximum atomic E-state index is 6.25. The SMILES string of the molecule is CN(C)CCOc1ccccc1-c1nc(C2(N)CCC2)no1. The lowest BCUT2D eigenvalue weighted by atomic mass is 9.77. The number of aromatic nitrogens is 2. The quantitative estimate of drug-likeness (QED) is 0.879. The third-order valence-electron chi connectivity index (χ3n) is 4.03. The van der Waals surface area contributed by atoms with Crippen LogP contribution in [0.15, 0.2) is 28.8 Å². The van der Waals surface area contributed by atoms with E-state index in [1.54, 1.807) is 0 Å². The van der Waals surface area contributed by atoms with Crippen molar-refractivity contribution in [1.29, 1.82) is 0 Å². The first-order valence-electron chi connectivity index (χ1n) is 7.58. The fourth-order valence-electron chi connectivity index (χ4n) is 2.42. The number of ether oxygens (including phenoxy) is 1. The third-order valence-corrected chi connectivity index (χ3v) is 4.03. The van der Waals surface area contributed by atoms with E-state index in [4.69, 9.17) is 15.0 Å². The average Bonchev–Trinajstić information content (AvgIpc) is 2.95. The maximum absolute atomic E-state index is 6.25. The van der Waals surface area contributed by atoms with Crippen molar-refractivity contribution in [3.05, 3.63) is 30.1 Å². The molecular formula is C16H22N4O2. The molecule has 6 heteroatoms. The van der Waals surface area contributed by atoms with Gasteiger partial charge in [0.1, 0.15) is 12.4 Å². The van der Waals surface area contributed by atoms with Crippen LogP contribution in [0.1, 0.15) is 25.1 Å². The van der Waals surface area contributed by atoms with Crippen molar-refractivity contribution in [3.63, 3.8) is 0 Å². The molecule has 0 unspecified atom stereocenters. The van der Waals surface area contributed by atoms with Crippen LogP contribution in [-0.4, -0.2) is 42.3 Å². The predicted octanol–water partition coefficient (Wildman–Crippen LogP) is 2.01. The number of nitrogens with zero attached hydrogens (tertiary/aromatic N) is 3. The molecule has 0 amide bonds. The summed E-state index contributed by atoms with van der Waals surface area (Å²) in [5.74, 6) is 1.81. The minimum Gasteiger partial charge on any atom is -0.491 e. The normalized spacial score (nSPS) is 16.5. The zero-order valence-corrected chi connectivity index (χ0v) is 13.1. The van der Waals surface area contributed by atoms with Gasteiger partial charge in [0, 0.05) is 6.54 Å². The van der Waals surface area contributed by atoms with Gasteiger partial charge in [-0.1, -0.05) is 17.3 Å². The second-order valence-corrected chi connectivity index (χ2v) is 6.08. The molecule has 0 spiro atoms. The predicted molar refractivity (Wildman–Crippen MR) is 83.5 cm³/mol. The van der Waals surface area contributed by atoms with Gasteiger partial charge in [-0.25, -0.2) is 0 Å². The lowest BCUT2D eigenvalue weighted by molar-refractivity contribution is 0.229. The second kappa shape index (κ2) is 6.06. The number of nitrogens with two attached hydrogens (primary N) is 1. The Balaban J connectivity index is 1.79. The third kappa shape index (κ3) is 2.98. The fourth-order valence-corrected chi connectivity index (χ4v) is 2.42. The van der Waals surface area contributed by atoms with Crippen LogP contribution in [0.4, 0.5) is 0 Å². The topological polar surface area (TPSA) is 77.4 Å². The highest BCUT2D eigenvalue weighted by atomic mass is 16.5. The van der Waals surface area contributed by atoms with E-state index in [1.165, 1.54) is 0 Å². The number of rotatable bonds is 6. The lowest BCUT2D eigenvalue weighted by Gasteiger charge is -2.34. The fraction of sp³-hybridized carbons (Fsp3) is 0.500. The van der Waals surface area contributed by atoms with Crippen molar-refractivity contribution in [2.75, 3.05) is 27.2 Å². The van der Waals surface area contributed by atoms with Crippen molar-refractivity contribution < 1.29 is 9.26 Å². The molecule has 1 aliphatic rings. The number of benzene rings is 1. The van der Waals surface area contributed by atoms with Gasteiger partial charge in [0.2, 0.25) is 0 Å². The number of hydrogen-bond donors (Lipinski definition) is 1. The van der Waals surface area contributed by atoms with Crippen LogP contribution in [0.3, 0.4) is 0 Å². The Hall–Kier alpha value is -1.92. The van der Waals surface area contributed by atoms with Crippen molar-refractivity contribution in [1.82, 2.24) is 15.0 Å². The smallest absolute Gasteiger partial charge is 0.261 e. The van der Waals surface area contributed by atoms with Gasteiger partial charge in [0.05, 0.1) is 11.1 Å². The summed E-state index contributed by atoms with van der Waals surface area (Å²) >= 11 is 0. The van der Waals surface area contributed by atoms with Crippen molar-refractivity contribution in [2.45, 2.75) is 24.8 Å². The first-order valence-corrected chi connectivity index (χ1v) is 7.58. The lowest BCUT2D eigenvalue weighted by Crippen LogP contribution is -2.44. The van der Waals surface area contributed by atoms with E-state index >= 15 is 0 Å². The Bertz CT molecular complexity index is 635. The maximum Gasteiger partial charge on any atom is 0.261 e. The molecule has 0 atom stereocenters. The summed E-state index contributed by atoms with van der Waals surface area (Å²) in [6.07, 6.45) is 2.94. The average molecular weight is 302 g/mol. The van der Waals surface area contributed by atoms with Gasteiger partial charge < -0.3 is 19.9 Å². The van der Waals surface area contributed by atoms with Crippen LogP contribution >= 0.6 is 0 Å². The molecule has 1 saturated carbocycles. The van der Waals surface area contributed by atoms with Crippen LogP contribution in [0.5, 0.6) is 5.75 Å². The minimum absolute atomic E-state index is 0.414. The highest BCUT2D eigenvalue weighted by Gasteiger charge is 2.39. The minimum atomic E-state index is -0.414. The molecule has 1 aromatic heterocycles. The molecule has 0 aliphatic heterocycles. The summed E-state index contributed by atoms with van der Waals surface area (Å²) in [7, 11) is 4.03. The van der Waals surface area contributed by atoms with E-state index in [2.05, 4.69) is 15.0 Å². The Morgan fingerprint density at radius 3 is 2.77 bits per heavy atom. The highest BCUT2D eigenvalue weighted by molar-refractivity contribution is 5.62. The van der Waals surface area contributed by atoms with Gasteiger partial charge in [-0.2, -0.15) is 4.98 Å². The number of likely N-dealkylation sites (N-methyl/N-ethyl adjacent to an activating group) is 1. The van der Waals surface area contributed by atoms with Crippen LogP contribution in [0.2, 0.25) is 0 Å². The number of para-hydroxylation sites is 1. The molecule has 6 nitrogen and oxygen atoms in total. The standard InChI is InChI=1S/C16H22N4O2/c1-20(2)10-11-21-13-7-4-3-6-12(13)14-18-15(19-22-14)16(17)8-5-9-16/h3-4,6-7H,5,8-11,17H2,1-2H3. The molecule has 2 aromatic rings. The Morgan fingerprint density at radius 1 is 1.32 bits per heavy atom. The van der Waals surface area contributed by atoms with E-state index in [9.17, 15) is 0 Å². The first kappa shape index (κ1) is 15.0. The van der Waals surface area contributed by atoms with E-state index in [0.29, 0.717) is 18.3 Å². The van der Waals surface area contributed by atoms with Gasteiger partial charge in [0.25, 0.3) is 5.89 Å². The summed E-state index contributed by atoms with van der Waals surface area (Å²) in [6, 6.07) is 7.70. The molecule has 118 valence electrons. The molecule has 1 fully saturated rings. The summed E-state index contributed by atoms with van der Waals surface area (Å²) < 4.78 is 11.2. The van der Waals surface area contributed by atoms with Crippen LogP contribution < -0.4 is 10.5 Å². The molecule has 2 N–H and O–H groups in total. The van der Waals surface area contributed by atoms with Gasteiger partial charge in [-0.15, -0.1) is 0 Å². The molecule has 0 saturated heterocycles. The molecule has 0 radical (unpaired) electrons. The summed E-state index contributed by atoms with van der Waals surface area (Å²) in [6.45, 7) is 1.45. The van der Waals surface area contributed by atoms with Crippen molar-refractivity contribution in [3.8, 4) is 17.2 Å². The van der Waals surface area contributed by atoms with Crippen molar-refractivity contribution >= 4 is 0 Å². The molecular weight excluding hydrogens is 280 g/mol. The van der Waals surface area contributed by atoms with Gasteiger partial charge in [-0.3, -0.25) is 0 Å². The summed E-state index contributed by atoms with van der Waals surface area (Å²) in [5.41, 5.74) is 6.64. The van der Waals surface area contributed by atoms with Gasteiger partial charge in [-0.05, 0) is 45.5 Å². The summed E-state index contributed by atoms with van der Waals surface area (Å²) in [4.78, 5) is 6.56. The van der Waals surface area contributed by atoms with E-state index in [-0.39, 0.29) is 0 Å². The second-order valence-electron chi connectivity index (χ2n) is 6.08. The monoisotopic (exact) mass is 302 g/mol. The Kier molecular flexibility index (Phi) is 4.13. The molecule has 3 rings (SSSR count). The highest BCUT2D eigenvalue weighted by Crippen LogP contribution is 2.38. The number of hydrogen-bond acceptors (Lipinski definition) is 6. The zero-order valence-electron chi connectivity index (χ0n) is 13.1. The largest absolute Gasteiger partial charge is 0.491 e. The van der Waals surface area contributed by atoms with E-state index in [1.807, 2.05) is 38.4 Å². The van der Waals surface area contributed by atoms with Crippen LogP contribution in [-0.2, 0) is 5.54 Å². The van der Waals surface area contributed by atoms with E-state index < -0.39 is 5.54 Å². The summed E-state index contributed by atoms with van der Waals surface area (Å²) in [5, 5.41) is 4.06. The zero-order chi connectivity index (χ0) is 15.6. The molecule has 1 aromatic carbocycles. The van der Waals surface area contributed by atoms with Crippen molar-refractivity contribution in [2.24, 2.45) is 5.73 Å². The Morgan fingerprint density at radius 2 is 2.09 bits per heavy atom. The molecule has 22 heavy (non-hydrogen) atoms. The Labute approximate surface area is 130 Å². The van der Waals surface area contributed by atoms with E-state index in [0.717, 1.165) is 37.1 Å². The molecule has 1 aliphatic carbocycles. The first-order chi connectivity index (χ1) is 10.6.